The topological polar surface area (TPSA) is 0 Å². The van der Waals surface area contributed by atoms with Crippen LogP contribution in [-0.4, -0.2) is 0 Å². The molecule has 0 aliphatic heterocycles. The number of hydrogen-bond acceptors (Lipinski definition) is 0. The van der Waals surface area contributed by atoms with Crippen LogP contribution in [0.4, 0.5) is 0 Å². The molecule has 1 rings (SSSR count). The predicted molar refractivity (Wildman–Crippen MR) is 45.5 cm³/mol. The summed E-state index contributed by atoms with van der Waals surface area (Å²) in [6.45, 7) is 6.66. The Balaban J connectivity index is -0.000000333. The molecule has 0 saturated heterocycles. The van der Waals surface area contributed by atoms with E-state index in [9.17, 15) is 0 Å². The zero-order valence-electron chi connectivity index (χ0n) is 8.27. The van der Waals surface area contributed by atoms with Gasteiger partial charge in [0.25, 0.3) is 0 Å². The van der Waals surface area contributed by atoms with Crippen LogP contribution in [-0.2, 0) is 32.6 Å². The fraction of sp³-hybridized carbons (Fsp3) is 0.500. The van der Waals surface area contributed by atoms with E-state index >= 15 is 0 Å². The van der Waals surface area contributed by atoms with Gasteiger partial charge in [-0.15, -0.1) is 0 Å². The first-order valence-electron chi connectivity index (χ1n) is 3.99. The van der Waals surface area contributed by atoms with Crippen molar-refractivity contribution < 1.29 is 51.0 Å². The van der Waals surface area contributed by atoms with E-state index in [-0.39, 0.29) is 51.0 Å². The summed E-state index contributed by atoms with van der Waals surface area (Å²) in [7, 11) is 0. The number of aryl methyl sites for hydroxylation is 1. The van der Waals surface area contributed by atoms with E-state index in [1.54, 1.807) is 0 Å². The fourth-order valence-corrected chi connectivity index (χ4v) is 1.09. The van der Waals surface area contributed by atoms with Crippen molar-refractivity contribution in [2.45, 2.75) is 33.1 Å². The van der Waals surface area contributed by atoms with Crippen molar-refractivity contribution >= 4 is 0 Å². The van der Waals surface area contributed by atoms with E-state index in [1.165, 1.54) is 11.1 Å². The minimum absolute atomic E-state index is 0. The van der Waals surface area contributed by atoms with Crippen LogP contribution in [0.15, 0.2) is 18.2 Å². The fourth-order valence-electron chi connectivity index (χ4n) is 1.09. The maximum absolute atomic E-state index is 2.30. The van der Waals surface area contributed by atoms with Crippen LogP contribution in [0.2, 0.25) is 0 Å². The third kappa shape index (κ3) is 5.99. The molecule has 1 radical (unpaired) electrons. The zero-order valence-corrected chi connectivity index (χ0v) is 12.2. The third-order valence-corrected chi connectivity index (χ3v) is 1.92. The smallest absolute Gasteiger partial charge is 1.00 e. The van der Waals surface area contributed by atoms with Crippen LogP contribution < -0.4 is 24.8 Å². The molecule has 0 N–H and O–H groups in total. The standard InChI is InChI=1S/C10H15.2ClH.Zr/c1-4-9-5-6-10(7-9)8(2)3;;;/h5-8H,4H2,1-3H3;2*1H;/q-1;;;+3/p-2. The van der Waals surface area contributed by atoms with Crippen molar-refractivity contribution in [1.29, 1.82) is 0 Å². The maximum atomic E-state index is 2.30. The number of halogens is 2. The van der Waals surface area contributed by atoms with Gasteiger partial charge < -0.3 is 24.8 Å². The first kappa shape index (κ1) is 19.4. The van der Waals surface area contributed by atoms with Crippen LogP contribution >= 0.6 is 0 Å². The Hall–Kier alpha value is 0.813. The van der Waals surface area contributed by atoms with Crippen molar-refractivity contribution in [3.8, 4) is 0 Å². The molecule has 0 aromatic heterocycles. The average Bonchev–Trinajstić information content (AvgIpc) is 2.34. The van der Waals surface area contributed by atoms with Crippen LogP contribution in [0.1, 0.15) is 37.8 Å². The molecule has 1 aromatic rings. The van der Waals surface area contributed by atoms with Gasteiger partial charge in [-0.05, 0) is 0 Å². The van der Waals surface area contributed by atoms with E-state index in [2.05, 4.69) is 39.0 Å². The van der Waals surface area contributed by atoms with Crippen molar-refractivity contribution in [2.75, 3.05) is 0 Å². The summed E-state index contributed by atoms with van der Waals surface area (Å²) in [6.07, 6.45) is 1.16. The molecule has 13 heavy (non-hydrogen) atoms. The van der Waals surface area contributed by atoms with Gasteiger partial charge in [0.1, 0.15) is 0 Å². The molecule has 0 spiro atoms. The minimum Gasteiger partial charge on any atom is -1.00 e. The molecule has 0 atom stereocenters. The Morgan fingerprint density at radius 3 is 2.08 bits per heavy atom. The first-order chi connectivity index (χ1) is 4.74. The second kappa shape index (κ2) is 9.37. The normalized spacial score (nSPS) is 8.31. The monoisotopic (exact) mass is 295 g/mol. The van der Waals surface area contributed by atoms with Gasteiger partial charge in [0.05, 0.1) is 0 Å². The molecule has 0 unspecified atom stereocenters. The Kier molecular flexibility index (Phi) is 14.0. The number of rotatable bonds is 2. The van der Waals surface area contributed by atoms with E-state index in [0.29, 0.717) is 5.92 Å². The van der Waals surface area contributed by atoms with Gasteiger partial charge in [0.2, 0.25) is 0 Å². The second-order valence-corrected chi connectivity index (χ2v) is 3.06. The molecular weight excluding hydrogens is 282 g/mol. The van der Waals surface area contributed by atoms with Gasteiger partial charge in [0, 0.05) is 0 Å². The quantitative estimate of drug-likeness (QED) is 0.514. The molecule has 0 bridgehead atoms. The SMILES string of the molecule is CC[c-]1ccc(C(C)C)c1.[Cl-].[Cl-].[Zr+3]. The first-order valence-corrected chi connectivity index (χ1v) is 3.99. The summed E-state index contributed by atoms with van der Waals surface area (Å²) in [6, 6.07) is 6.74. The molecule has 0 aliphatic carbocycles. The van der Waals surface area contributed by atoms with Crippen molar-refractivity contribution in [1.82, 2.24) is 0 Å². The Morgan fingerprint density at radius 2 is 1.85 bits per heavy atom. The minimum atomic E-state index is 0. The van der Waals surface area contributed by atoms with E-state index < -0.39 is 0 Å². The van der Waals surface area contributed by atoms with Gasteiger partial charge in [-0.2, -0.15) is 23.3 Å². The summed E-state index contributed by atoms with van der Waals surface area (Å²) in [5, 5.41) is 0. The largest absolute Gasteiger partial charge is 3.00 e. The van der Waals surface area contributed by atoms with Crippen molar-refractivity contribution in [3.05, 3.63) is 29.3 Å². The van der Waals surface area contributed by atoms with Gasteiger partial charge in [0.15, 0.2) is 0 Å². The predicted octanol–water partition coefficient (Wildman–Crippen LogP) is -2.90. The third-order valence-electron chi connectivity index (χ3n) is 1.92. The van der Waals surface area contributed by atoms with Crippen LogP contribution in [0.3, 0.4) is 0 Å². The molecule has 0 amide bonds. The zero-order chi connectivity index (χ0) is 7.56. The molecule has 0 aliphatic rings. The van der Waals surface area contributed by atoms with E-state index in [0.717, 1.165) is 6.42 Å². The van der Waals surface area contributed by atoms with Crippen molar-refractivity contribution in [3.63, 3.8) is 0 Å². The van der Waals surface area contributed by atoms with E-state index in [4.69, 9.17) is 0 Å². The molecule has 0 saturated carbocycles. The summed E-state index contributed by atoms with van der Waals surface area (Å²) in [5.74, 6) is 0.681. The summed E-state index contributed by atoms with van der Waals surface area (Å²) in [4.78, 5) is 0. The Bertz CT molecular complexity index is 206. The van der Waals surface area contributed by atoms with Crippen molar-refractivity contribution in [2.24, 2.45) is 0 Å². The van der Waals surface area contributed by atoms with Crippen LogP contribution in [0.5, 0.6) is 0 Å². The van der Waals surface area contributed by atoms with Crippen LogP contribution in [0, 0.1) is 0 Å². The summed E-state index contributed by atoms with van der Waals surface area (Å²) >= 11 is 0. The molecule has 0 nitrogen and oxygen atoms in total. The molecular formula is C10H15Cl2Zr. The Labute approximate surface area is 113 Å². The molecule has 3 heteroatoms. The van der Waals surface area contributed by atoms with Gasteiger partial charge in [-0.25, -0.2) is 6.07 Å². The van der Waals surface area contributed by atoms with E-state index in [1.807, 2.05) is 0 Å². The Morgan fingerprint density at radius 1 is 1.31 bits per heavy atom. The molecule has 1 aromatic carbocycles. The maximum Gasteiger partial charge on any atom is 3.00 e. The number of hydrogen-bond donors (Lipinski definition) is 0. The van der Waals surface area contributed by atoms with Gasteiger partial charge >= 0.3 is 26.2 Å². The molecule has 0 heterocycles. The summed E-state index contributed by atoms with van der Waals surface area (Å²) < 4.78 is 0. The van der Waals surface area contributed by atoms with Gasteiger partial charge in [-0.3, -0.25) is 0 Å². The average molecular weight is 297 g/mol. The molecule has 73 valence electrons. The second-order valence-electron chi connectivity index (χ2n) is 3.06. The summed E-state index contributed by atoms with van der Waals surface area (Å²) in [5.41, 5.74) is 2.93. The molecule has 0 fully saturated rings. The van der Waals surface area contributed by atoms with Crippen LogP contribution in [0.25, 0.3) is 0 Å². The van der Waals surface area contributed by atoms with Gasteiger partial charge in [-0.1, -0.05) is 33.1 Å².